The van der Waals surface area contributed by atoms with Crippen molar-refractivity contribution in [2.24, 2.45) is 0 Å². The van der Waals surface area contributed by atoms with Crippen LogP contribution in [0.5, 0.6) is 0 Å². The fraction of sp³-hybridized carbons (Fsp3) is 0.391. The number of nitrogens with one attached hydrogen (secondary N) is 1. The summed E-state index contributed by atoms with van der Waals surface area (Å²) < 4.78 is 27.3. The predicted molar refractivity (Wildman–Crippen MR) is 124 cm³/mol. The van der Waals surface area contributed by atoms with Crippen LogP contribution in [-0.4, -0.2) is 62.2 Å². The molecule has 1 fully saturated rings. The Kier molecular flexibility index (Phi) is 7.92. The molecule has 0 aromatic heterocycles. The molecule has 1 aliphatic rings. The van der Waals surface area contributed by atoms with Crippen molar-refractivity contribution in [3.63, 3.8) is 0 Å². The van der Waals surface area contributed by atoms with E-state index in [1.807, 2.05) is 12.1 Å². The Morgan fingerprint density at radius 2 is 1.62 bits per heavy atom. The smallest absolute Gasteiger partial charge is 0.252 e. The Bertz CT molecular complexity index is 1060. The van der Waals surface area contributed by atoms with E-state index in [0.717, 1.165) is 5.56 Å². The van der Waals surface area contributed by atoms with Crippen LogP contribution in [0.4, 0.5) is 0 Å². The lowest BCUT2D eigenvalue weighted by Gasteiger charge is -2.34. The highest BCUT2D eigenvalue weighted by atomic mass is 35.5. The number of halogens is 1. The lowest BCUT2D eigenvalue weighted by atomic mass is 10.0. The van der Waals surface area contributed by atoms with Crippen LogP contribution in [0.1, 0.15) is 42.1 Å². The summed E-state index contributed by atoms with van der Waals surface area (Å²) >= 11 is 6.01. The number of carbonyl (C=O) groups excluding carboxylic acids is 2. The van der Waals surface area contributed by atoms with E-state index >= 15 is 0 Å². The number of carbonyl (C=O) groups is 2. The van der Waals surface area contributed by atoms with Gasteiger partial charge < -0.3 is 10.2 Å². The number of sulfonamides is 1. The van der Waals surface area contributed by atoms with Gasteiger partial charge in [-0.1, -0.05) is 49.7 Å². The second kappa shape index (κ2) is 10.5. The fourth-order valence-electron chi connectivity index (χ4n) is 3.53. The van der Waals surface area contributed by atoms with Crippen LogP contribution in [0.25, 0.3) is 0 Å². The summed E-state index contributed by atoms with van der Waals surface area (Å²) in [6.07, 6.45) is 0.138. The van der Waals surface area contributed by atoms with E-state index in [2.05, 4.69) is 19.2 Å². The van der Waals surface area contributed by atoms with Gasteiger partial charge in [-0.25, -0.2) is 8.42 Å². The maximum Gasteiger partial charge on any atom is 0.252 e. The third kappa shape index (κ3) is 5.68. The summed E-state index contributed by atoms with van der Waals surface area (Å²) in [5, 5.41) is 3.05. The van der Waals surface area contributed by atoms with Crippen LogP contribution in [0.2, 0.25) is 5.02 Å². The zero-order valence-corrected chi connectivity index (χ0v) is 19.8. The molecule has 0 unspecified atom stereocenters. The highest BCUT2D eigenvalue weighted by Gasteiger charge is 2.30. The van der Waals surface area contributed by atoms with Gasteiger partial charge in [-0.05, 0) is 35.7 Å². The van der Waals surface area contributed by atoms with Gasteiger partial charge >= 0.3 is 0 Å². The first-order chi connectivity index (χ1) is 15.2. The molecule has 32 heavy (non-hydrogen) atoms. The topological polar surface area (TPSA) is 86.8 Å². The van der Waals surface area contributed by atoms with Crippen LogP contribution < -0.4 is 5.32 Å². The van der Waals surface area contributed by atoms with E-state index in [0.29, 0.717) is 29.6 Å². The van der Waals surface area contributed by atoms with E-state index in [9.17, 15) is 18.0 Å². The molecule has 3 rings (SSSR count). The van der Waals surface area contributed by atoms with Gasteiger partial charge in [0.1, 0.15) is 0 Å². The molecule has 1 N–H and O–H groups in total. The Hall–Kier alpha value is -2.42. The van der Waals surface area contributed by atoms with Gasteiger partial charge in [0.15, 0.2) is 0 Å². The van der Waals surface area contributed by atoms with E-state index in [-0.39, 0.29) is 42.8 Å². The third-order valence-electron chi connectivity index (χ3n) is 5.52. The summed E-state index contributed by atoms with van der Waals surface area (Å²) in [7, 11) is -3.59. The summed E-state index contributed by atoms with van der Waals surface area (Å²) in [5.74, 6) is -0.124. The van der Waals surface area contributed by atoms with Gasteiger partial charge in [-0.15, -0.1) is 0 Å². The van der Waals surface area contributed by atoms with Gasteiger partial charge in [-0.2, -0.15) is 4.31 Å². The number of nitrogens with zero attached hydrogens (tertiary/aromatic N) is 2. The zero-order valence-electron chi connectivity index (χ0n) is 18.3. The van der Waals surface area contributed by atoms with E-state index in [1.165, 1.54) is 4.31 Å². The standard InChI is InChI=1S/C23H28ClN3O4S/c1-17(2)18-7-9-19(10-8-18)32(30,31)27-15-13-26(14-16-27)22(28)11-12-25-23(29)20-5-3-4-6-21(20)24/h3-10,17H,11-16H2,1-2H3,(H,25,29). The second-order valence-electron chi connectivity index (χ2n) is 7.99. The van der Waals surface area contributed by atoms with Gasteiger partial charge in [0, 0.05) is 39.1 Å². The first-order valence-electron chi connectivity index (χ1n) is 10.6. The summed E-state index contributed by atoms with van der Waals surface area (Å²) in [5.41, 5.74) is 1.45. The van der Waals surface area contributed by atoms with Crippen LogP contribution in [0, 0.1) is 0 Å². The van der Waals surface area contributed by atoms with E-state index in [1.54, 1.807) is 41.3 Å². The molecule has 0 aliphatic carbocycles. The predicted octanol–water partition coefficient (Wildman–Crippen LogP) is 3.12. The van der Waals surface area contributed by atoms with Crippen LogP contribution >= 0.6 is 11.6 Å². The van der Waals surface area contributed by atoms with Crippen LogP contribution in [0.15, 0.2) is 53.4 Å². The number of piperazine rings is 1. The molecule has 2 aromatic carbocycles. The molecular formula is C23H28ClN3O4S. The summed E-state index contributed by atoms with van der Waals surface area (Å²) in [6.45, 7) is 5.42. The Morgan fingerprint density at radius 3 is 2.22 bits per heavy atom. The molecule has 7 nitrogen and oxygen atoms in total. The molecule has 9 heteroatoms. The molecule has 0 radical (unpaired) electrons. The third-order valence-corrected chi connectivity index (χ3v) is 7.76. The monoisotopic (exact) mass is 477 g/mol. The van der Waals surface area contributed by atoms with Crippen LogP contribution in [-0.2, 0) is 14.8 Å². The molecule has 2 amide bonds. The quantitative estimate of drug-likeness (QED) is 0.663. The number of amides is 2. The molecule has 0 atom stereocenters. The number of benzene rings is 2. The molecule has 172 valence electrons. The zero-order chi connectivity index (χ0) is 23.3. The van der Waals surface area contributed by atoms with E-state index in [4.69, 9.17) is 11.6 Å². The average molecular weight is 478 g/mol. The molecule has 2 aromatic rings. The first-order valence-corrected chi connectivity index (χ1v) is 12.4. The average Bonchev–Trinajstić information content (AvgIpc) is 2.79. The molecule has 0 bridgehead atoms. The minimum atomic E-state index is -3.59. The lowest BCUT2D eigenvalue weighted by molar-refractivity contribution is -0.132. The SMILES string of the molecule is CC(C)c1ccc(S(=O)(=O)N2CCN(C(=O)CCNC(=O)c3ccccc3Cl)CC2)cc1. The number of hydrogen-bond donors (Lipinski definition) is 1. The van der Waals surface area contributed by atoms with Crippen molar-refractivity contribution in [3.05, 3.63) is 64.7 Å². The van der Waals surface area contributed by atoms with Crippen molar-refractivity contribution < 1.29 is 18.0 Å². The van der Waals surface area contributed by atoms with Crippen molar-refractivity contribution in [2.75, 3.05) is 32.7 Å². The van der Waals surface area contributed by atoms with Gasteiger partial charge in [-0.3, -0.25) is 9.59 Å². The Morgan fingerprint density at radius 1 is 1.00 bits per heavy atom. The van der Waals surface area contributed by atoms with Gasteiger partial charge in [0.25, 0.3) is 5.91 Å². The number of hydrogen-bond acceptors (Lipinski definition) is 4. The lowest BCUT2D eigenvalue weighted by Crippen LogP contribution is -2.50. The minimum Gasteiger partial charge on any atom is -0.351 e. The van der Waals surface area contributed by atoms with Crippen molar-refractivity contribution in [1.29, 1.82) is 0 Å². The Balaban J connectivity index is 1.49. The van der Waals surface area contributed by atoms with Crippen molar-refractivity contribution in [3.8, 4) is 0 Å². The molecule has 1 saturated heterocycles. The molecule has 1 heterocycles. The second-order valence-corrected chi connectivity index (χ2v) is 10.3. The maximum atomic E-state index is 12.9. The molecule has 1 aliphatic heterocycles. The van der Waals surface area contributed by atoms with Gasteiger partial charge in [0.2, 0.25) is 15.9 Å². The minimum absolute atomic E-state index is 0.122. The Labute approximate surface area is 194 Å². The summed E-state index contributed by atoms with van der Waals surface area (Å²) in [6, 6.07) is 13.7. The molecule has 0 saturated carbocycles. The molecular weight excluding hydrogens is 450 g/mol. The molecule has 0 spiro atoms. The normalized spacial score (nSPS) is 15.1. The maximum absolute atomic E-state index is 12.9. The highest BCUT2D eigenvalue weighted by molar-refractivity contribution is 7.89. The van der Waals surface area contributed by atoms with Crippen molar-refractivity contribution in [2.45, 2.75) is 31.1 Å². The number of rotatable bonds is 7. The first kappa shape index (κ1) is 24.2. The van der Waals surface area contributed by atoms with Crippen molar-refractivity contribution in [1.82, 2.24) is 14.5 Å². The van der Waals surface area contributed by atoms with Crippen LogP contribution in [0.3, 0.4) is 0 Å². The highest BCUT2D eigenvalue weighted by Crippen LogP contribution is 2.21. The van der Waals surface area contributed by atoms with Gasteiger partial charge in [0.05, 0.1) is 15.5 Å². The fourth-order valence-corrected chi connectivity index (χ4v) is 5.18. The summed E-state index contributed by atoms with van der Waals surface area (Å²) in [4.78, 5) is 26.6. The van der Waals surface area contributed by atoms with E-state index < -0.39 is 10.0 Å². The largest absolute Gasteiger partial charge is 0.351 e. The van der Waals surface area contributed by atoms with Crippen molar-refractivity contribution >= 4 is 33.4 Å².